The van der Waals surface area contributed by atoms with Gasteiger partial charge >= 0.3 is 6.09 Å². The number of carbonyl (C=O) groups is 2. The van der Waals surface area contributed by atoms with Crippen LogP contribution in [0.15, 0.2) is 11.6 Å². The van der Waals surface area contributed by atoms with Gasteiger partial charge in [0.1, 0.15) is 11.6 Å². The van der Waals surface area contributed by atoms with Crippen LogP contribution in [0.2, 0.25) is 0 Å². The molecule has 0 saturated heterocycles. The van der Waals surface area contributed by atoms with Gasteiger partial charge < -0.3 is 15.4 Å². The molecular formula is C11H17N3O3S. The molecule has 0 aliphatic carbocycles. The van der Waals surface area contributed by atoms with Crippen molar-refractivity contribution < 1.29 is 14.3 Å². The number of aromatic nitrogens is 1. The molecule has 6 nitrogen and oxygen atoms in total. The van der Waals surface area contributed by atoms with Crippen molar-refractivity contribution in [2.75, 3.05) is 5.32 Å². The van der Waals surface area contributed by atoms with Crippen molar-refractivity contribution in [3.8, 4) is 0 Å². The molecule has 0 aliphatic heterocycles. The summed E-state index contributed by atoms with van der Waals surface area (Å²) in [5, 5.41) is 7.29. The predicted molar refractivity (Wildman–Crippen MR) is 69.6 cm³/mol. The maximum atomic E-state index is 11.7. The van der Waals surface area contributed by atoms with Crippen LogP contribution in [0.4, 0.5) is 9.93 Å². The van der Waals surface area contributed by atoms with Gasteiger partial charge in [-0.25, -0.2) is 9.78 Å². The van der Waals surface area contributed by atoms with E-state index in [0.29, 0.717) is 5.13 Å². The molecule has 0 unspecified atom stereocenters. The van der Waals surface area contributed by atoms with Crippen molar-refractivity contribution in [1.82, 2.24) is 10.3 Å². The van der Waals surface area contributed by atoms with Gasteiger partial charge in [0.25, 0.3) is 0 Å². The fourth-order valence-electron chi connectivity index (χ4n) is 1.05. The van der Waals surface area contributed by atoms with Crippen LogP contribution in [0.1, 0.15) is 27.7 Å². The monoisotopic (exact) mass is 271 g/mol. The number of nitrogens with one attached hydrogen (secondary N) is 2. The molecule has 18 heavy (non-hydrogen) atoms. The van der Waals surface area contributed by atoms with E-state index in [1.165, 1.54) is 11.3 Å². The number of hydrogen-bond acceptors (Lipinski definition) is 5. The second kappa shape index (κ2) is 5.81. The molecule has 100 valence electrons. The van der Waals surface area contributed by atoms with Crippen LogP contribution in [-0.2, 0) is 9.53 Å². The topological polar surface area (TPSA) is 80.3 Å². The van der Waals surface area contributed by atoms with E-state index in [-0.39, 0.29) is 5.91 Å². The number of amides is 2. The Bertz CT molecular complexity index is 412. The van der Waals surface area contributed by atoms with Crippen molar-refractivity contribution in [3.63, 3.8) is 0 Å². The minimum atomic E-state index is -0.691. The molecule has 2 amide bonds. The molecule has 1 aromatic rings. The molecule has 0 saturated carbocycles. The first-order chi connectivity index (χ1) is 8.28. The molecule has 0 fully saturated rings. The first-order valence-electron chi connectivity index (χ1n) is 5.48. The van der Waals surface area contributed by atoms with Gasteiger partial charge in [0, 0.05) is 11.6 Å². The van der Waals surface area contributed by atoms with Crippen LogP contribution in [0.3, 0.4) is 0 Å². The standard InChI is InChI=1S/C11H17N3O3S/c1-7(13-10(16)17-11(2,3)4)8(15)14-9-12-5-6-18-9/h5-7H,1-4H3,(H,13,16)(H,12,14,15)/t7-/m0/s1. The summed E-state index contributed by atoms with van der Waals surface area (Å²) in [6.07, 6.45) is 0.968. The third-order valence-corrected chi connectivity index (χ3v) is 2.48. The molecule has 1 heterocycles. The summed E-state index contributed by atoms with van der Waals surface area (Å²) in [5.41, 5.74) is -0.588. The Kier molecular flexibility index (Phi) is 4.66. The zero-order chi connectivity index (χ0) is 13.8. The molecule has 1 atom stereocenters. The SMILES string of the molecule is C[C@H](NC(=O)OC(C)(C)C)C(=O)Nc1nccs1. The number of nitrogens with zero attached hydrogens (tertiary/aromatic N) is 1. The number of thiazole rings is 1. The third-order valence-electron chi connectivity index (χ3n) is 1.79. The molecule has 0 aliphatic rings. The van der Waals surface area contributed by atoms with E-state index in [0.717, 1.165) is 0 Å². The molecule has 0 spiro atoms. The largest absolute Gasteiger partial charge is 0.444 e. The van der Waals surface area contributed by atoms with Crippen LogP contribution in [-0.4, -0.2) is 28.6 Å². The minimum Gasteiger partial charge on any atom is -0.444 e. The van der Waals surface area contributed by atoms with Gasteiger partial charge in [-0.3, -0.25) is 4.79 Å². The smallest absolute Gasteiger partial charge is 0.408 e. The first kappa shape index (κ1) is 14.4. The lowest BCUT2D eigenvalue weighted by Crippen LogP contribution is -2.43. The van der Waals surface area contributed by atoms with Crippen LogP contribution in [0.5, 0.6) is 0 Å². The van der Waals surface area contributed by atoms with Crippen LogP contribution >= 0.6 is 11.3 Å². The molecule has 0 bridgehead atoms. The lowest BCUT2D eigenvalue weighted by atomic mass is 10.2. The fraction of sp³-hybridized carbons (Fsp3) is 0.545. The van der Waals surface area contributed by atoms with Gasteiger partial charge in [0.05, 0.1) is 0 Å². The van der Waals surface area contributed by atoms with Crippen molar-refractivity contribution >= 4 is 28.5 Å². The Hall–Kier alpha value is -1.63. The number of hydrogen-bond donors (Lipinski definition) is 2. The van der Waals surface area contributed by atoms with Crippen molar-refractivity contribution in [2.24, 2.45) is 0 Å². The summed E-state index contributed by atoms with van der Waals surface area (Å²) in [5.74, 6) is -0.337. The molecule has 1 aromatic heterocycles. The summed E-state index contributed by atoms with van der Waals surface area (Å²) in [4.78, 5) is 27.1. The Labute approximate surface area is 110 Å². The van der Waals surface area contributed by atoms with E-state index >= 15 is 0 Å². The van der Waals surface area contributed by atoms with Crippen molar-refractivity contribution in [1.29, 1.82) is 0 Å². The van der Waals surface area contributed by atoms with Gasteiger partial charge in [-0.1, -0.05) is 0 Å². The highest BCUT2D eigenvalue weighted by Crippen LogP contribution is 2.11. The Morgan fingerprint density at radius 3 is 2.61 bits per heavy atom. The van der Waals surface area contributed by atoms with E-state index in [2.05, 4.69) is 15.6 Å². The molecule has 2 N–H and O–H groups in total. The lowest BCUT2D eigenvalue weighted by molar-refractivity contribution is -0.117. The average molecular weight is 271 g/mol. The molecule has 1 rings (SSSR count). The minimum absolute atomic E-state index is 0.337. The Morgan fingerprint density at radius 1 is 1.44 bits per heavy atom. The quantitative estimate of drug-likeness (QED) is 0.881. The zero-order valence-corrected chi connectivity index (χ0v) is 11.6. The van der Waals surface area contributed by atoms with E-state index in [1.807, 2.05) is 0 Å². The highest BCUT2D eigenvalue weighted by atomic mass is 32.1. The Morgan fingerprint density at radius 2 is 2.11 bits per heavy atom. The van der Waals surface area contributed by atoms with Gasteiger partial charge in [-0.05, 0) is 27.7 Å². The van der Waals surface area contributed by atoms with Gasteiger partial charge in [0.15, 0.2) is 5.13 Å². The summed E-state index contributed by atoms with van der Waals surface area (Å²) >= 11 is 1.31. The Balaban J connectivity index is 2.42. The van der Waals surface area contributed by atoms with Crippen LogP contribution in [0, 0.1) is 0 Å². The van der Waals surface area contributed by atoms with Gasteiger partial charge in [-0.15, -0.1) is 11.3 Å². The third kappa shape index (κ3) is 5.13. The number of rotatable bonds is 3. The van der Waals surface area contributed by atoms with E-state index in [4.69, 9.17) is 4.74 Å². The molecule has 7 heteroatoms. The maximum absolute atomic E-state index is 11.7. The molecule has 0 radical (unpaired) electrons. The summed E-state index contributed by atoms with van der Waals surface area (Å²) in [6.45, 7) is 6.85. The molecular weight excluding hydrogens is 254 g/mol. The highest BCUT2D eigenvalue weighted by molar-refractivity contribution is 7.13. The summed E-state index contributed by atoms with van der Waals surface area (Å²) in [7, 11) is 0. The number of alkyl carbamates (subject to hydrolysis) is 1. The maximum Gasteiger partial charge on any atom is 0.408 e. The second-order valence-electron chi connectivity index (χ2n) is 4.69. The summed E-state index contributed by atoms with van der Waals surface area (Å²) < 4.78 is 5.05. The predicted octanol–water partition coefficient (Wildman–Crippen LogP) is 1.99. The highest BCUT2D eigenvalue weighted by Gasteiger charge is 2.21. The van der Waals surface area contributed by atoms with E-state index in [9.17, 15) is 9.59 Å². The van der Waals surface area contributed by atoms with Crippen molar-refractivity contribution in [3.05, 3.63) is 11.6 Å². The average Bonchev–Trinajstić information content (AvgIpc) is 2.66. The summed E-state index contributed by atoms with van der Waals surface area (Å²) in [6, 6.07) is -0.691. The van der Waals surface area contributed by atoms with Gasteiger partial charge in [-0.2, -0.15) is 0 Å². The van der Waals surface area contributed by atoms with Gasteiger partial charge in [0.2, 0.25) is 5.91 Å². The second-order valence-corrected chi connectivity index (χ2v) is 5.59. The zero-order valence-electron chi connectivity index (χ0n) is 10.8. The number of carbonyl (C=O) groups excluding carboxylic acids is 2. The lowest BCUT2D eigenvalue weighted by Gasteiger charge is -2.21. The van der Waals surface area contributed by atoms with Crippen LogP contribution in [0.25, 0.3) is 0 Å². The number of anilines is 1. The first-order valence-corrected chi connectivity index (χ1v) is 6.36. The number of ether oxygens (including phenoxy) is 1. The molecule has 0 aromatic carbocycles. The van der Waals surface area contributed by atoms with Crippen LogP contribution < -0.4 is 10.6 Å². The normalized spacial score (nSPS) is 12.7. The fourth-order valence-corrected chi connectivity index (χ4v) is 1.58. The van der Waals surface area contributed by atoms with Crippen molar-refractivity contribution in [2.45, 2.75) is 39.3 Å². The van der Waals surface area contributed by atoms with E-state index < -0.39 is 17.7 Å². The van der Waals surface area contributed by atoms with E-state index in [1.54, 1.807) is 39.3 Å².